The summed E-state index contributed by atoms with van der Waals surface area (Å²) in [5.41, 5.74) is 3.92. The normalized spacial score (nSPS) is 25.7. The van der Waals surface area contributed by atoms with Gasteiger partial charge in [0.05, 0.1) is 18.8 Å². The van der Waals surface area contributed by atoms with Crippen molar-refractivity contribution in [3.05, 3.63) is 59.7 Å². The van der Waals surface area contributed by atoms with Crippen molar-refractivity contribution in [3.8, 4) is 11.1 Å². The Labute approximate surface area is 222 Å². The first-order valence-electron chi connectivity index (χ1n) is 12.1. The number of benzene rings is 2. The maximum atomic E-state index is 12.8. The molecule has 0 saturated carbocycles. The van der Waals surface area contributed by atoms with Gasteiger partial charge < -0.3 is 50.2 Å². The van der Waals surface area contributed by atoms with E-state index in [1.165, 1.54) is 0 Å². The molecule has 2 aromatic rings. The fraction of sp³-hybridized carbons (Fsp3) is 0.423. The number of aliphatic hydroxyl groups excluding tert-OH is 4. The summed E-state index contributed by atoms with van der Waals surface area (Å²) in [6.07, 6.45) is -9.35. The van der Waals surface area contributed by atoms with E-state index in [-0.39, 0.29) is 12.5 Å². The summed E-state index contributed by atoms with van der Waals surface area (Å²) in [5, 5.41) is 61.6. The van der Waals surface area contributed by atoms with E-state index in [1.807, 2.05) is 48.5 Å². The Morgan fingerprint density at radius 2 is 1.62 bits per heavy atom. The molecule has 0 aromatic heterocycles. The number of nitrogens with one attached hydrogen (secondary N) is 1. The number of ether oxygens (including phenoxy) is 3. The molecule has 0 radical (unpaired) electrons. The number of carboxylic acid groups (broad SMARTS) is 2. The number of hydrogen-bond acceptors (Lipinski definition) is 10. The standard InChI is InChI=1S/C26H29NO12/c28-10-19(30)22(33)23-21(18(29)9-26(39-23,24(34)35)38-12-20(31)32)27-25(36)37-11-17-15-7-3-1-5-13(15)14-6-2-4-8-16(14)17/h1-8,17-19,21-23,28-30,33H,9-12H2,(H,27,36)(H,31,32)(H,34,35)/t18-,19+,21+,22+,23+,26+/m0/s1. The van der Waals surface area contributed by atoms with Gasteiger partial charge in [-0.1, -0.05) is 48.5 Å². The smallest absolute Gasteiger partial charge is 0.407 e. The van der Waals surface area contributed by atoms with E-state index < -0.39 is 73.9 Å². The van der Waals surface area contributed by atoms with Crippen molar-refractivity contribution in [2.45, 2.75) is 48.6 Å². The molecule has 1 heterocycles. The zero-order chi connectivity index (χ0) is 28.3. The van der Waals surface area contributed by atoms with Gasteiger partial charge in [0.2, 0.25) is 0 Å². The van der Waals surface area contributed by atoms with Gasteiger partial charge in [-0.2, -0.15) is 0 Å². The Morgan fingerprint density at radius 3 is 2.15 bits per heavy atom. The Hall–Kier alpha value is -3.59. The molecule has 2 aromatic carbocycles. The number of carbonyl (C=O) groups is 3. The highest BCUT2D eigenvalue weighted by Gasteiger charge is 2.56. The molecule has 1 aliphatic heterocycles. The molecule has 6 atom stereocenters. The monoisotopic (exact) mass is 547 g/mol. The molecular weight excluding hydrogens is 518 g/mol. The summed E-state index contributed by atoms with van der Waals surface area (Å²) in [5.74, 6) is -6.34. The van der Waals surface area contributed by atoms with Gasteiger partial charge in [0.1, 0.15) is 31.5 Å². The Kier molecular flexibility index (Phi) is 8.49. The second-order valence-corrected chi connectivity index (χ2v) is 9.33. The fourth-order valence-corrected chi connectivity index (χ4v) is 5.00. The lowest BCUT2D eigenvalue weighted by Gasteiger charge is -2.46. The first-order valence-corrected chi connectivity index (χ1v) is 12.1. The SMILES string of the molecule is O=C(O)CO[C@]1(C(=O)O)C[C@H](O)[C@@H](NC(=O)OCC2c3ccccc3-c3ccccc32)[C@H]([C@H](O)[C@H](O)CO)O1. The summed E-state index contributed by atoms with van der Waals surface area (Å²) in [6, 6.07) is 13.8. The largest absolute Gasteiger partial charge is 0.480 e. The van der Waals surface area contributed by atoms with Gasteiger partial charge >= 0.3 is 18.0 Å². The molecule has 0 spiro atoms. The Morgan fingerprint density at radius 1 is 1.03 bits per heavy atom. The van der Waals surface area contributed by atoms with Crippen LogP contribution in [-0.4, -0.2) is 105 Å². The minimum Gasteiger partial charge on any atom is -0.480 e. The molecule has 0 bridgehead atoms. The third-order valence-corrected chi connectivity index (χ3v) is 6.87. The molecule has 210 valence electrons. The number of aliphatic carboxylic acids is 2. The molecule has 13 nitrogen and oxygen atoms in total. The minimum absolute atomic E-state index is 0.0865. The van der Waals surface area contributed by atoms with Crippen LogP contribution in [0.5, 0.6) is 0 Å². The van der Waals surface area contributed by atoms with Crippen molar-refractivity contribution in [3.63, 3.8) is 0 Å². The molecule has 13 heteroatoms. The predicted molar refractivity (Wildman–Crippen MR) is 131 cm³/mol. The number of rotatable bonds is 10. The lowest BCUT2D eigenvalue weighted by Crippen LogP contribution is -2.68. The van der Waals surface area contributed by atoms with Crippen LogP contribution in [-0.2, 0) is 23.8 Å². The highest BCUT2D eigenvalue weighted by molar-refractivity contribution is 5.79. The second kappa shape index (κ2) is 11.7. The number of alkyl carbamates (subject to hydrolysis) is 1. The van der Waals surface area contributed by atoms with Crippen molar-refractivity contribution >= 4 is 18.0 Å². The van der Waals surface area contributed by atoms with Gasteiger partial charge in [-0.25, -0.2) is 14.4 Å². The molecule has 4 rings (SSSR count). The molecule has 1 saturated heterocycles. The molecule has 2 aliphatic rings. The van der Waals surface area contributed by atoms with E-state index >= 15 is 0 Å². The number of aliphatic hydroxyl groups is 4. The summed E-state index contributed by atoms with van der Waals surface area (Å²) in [4.78, 5) is 35.8. The van der Waals surface area contributed by atoms with Crippen LogP contribution in [0.1, 0.15) is 23.5 Å². The minimum atomic E-state index is -2.72. The van der Waals surface area contributed by atoms with E-state index in [0.717, 1.165) is 22.3 Å². The van der Waals surface area contributed by atoms with E-state index in [9.17, 15) is 39.9 Å². The highest BCUT2D eigenvalue weighted by Crippen LogP contribution is 2.44. The lowest BCUT2D eigenvalue weighted by molar-refractivity contribution is -0.310. The van der Waals surface area contributed by atoms with Crippen molar-refractivity contribution in [2.75, 3.05) is 19.8 Å². The van der Waals surface area contributed by atoms with E-state index in [0.29, 0.717) is 0 Å². The van der Waals surface area contributed by atoms with Crippen LogP contribution < -0.4 is 5.32 Å². The van der Waals surface area contributed by atoms with Crippen molar-refractivity contribution < 1.29 is 59.2 Å². The molecular formula is C26H29NO12. The van der Waals surface area contributed by atoms with Crippen molar-refractivity contribution in [1.29, 1.82) is 0 Å². The molecule has 39 heavy (non-hydrogen) atoms. The van der Waals surface area contributed by atoms with Gasteiger partial charge in [0, 0.05) is 12.3 Å². The number of amides is 1. The fourth-order valence-electron chi connectivity index (χ4n) is 5.00. The number of hydrogen-bond donors (Lipinski definition) is 7. The number of carbonyl (C=O) groups excluding carboxylic acids is 1. The van der Waals surface area contributed by atoms with Crippen LogP contribution in [0.2, 0.25) is 0 Å². The molecule has 1 aliphatic carbocycles. The zero-order valence-corrected chi connectivity index (χ0v) is 20.5. The third-order valence-electron chi connectivity index (χ3n) is 6.87. The third kappa shape index (κ3) is 5.73. The number of fused-ring (bicyclic) bond motifs is 3. The first kappa shape index (κ1) is 28.4. The lowest BCUT2D eigenvalue weighted by atomic mass is 9.88. The number of carboxylic acids is 2. The predicted octanol–water partition coefficient (Wildman–Crippen LogP) is -0.360. The van der Waals surface area contributed by atoms with Gasteiger partial charge in [-0.05, 0) is 22.3 Å². The van der Waals surface area contributed by atoms with Crippen LogP contribution in [0.4, 0.5) is 4.79 Å². The average molecular weight is 548 g/mol. The van der Waals surface area contributed by atoms with Gasteiger partial charge in [0.15, 0.2) is 0 Å². The molecule has 1 amide bonds. The summed E-state index contributed by atoms with van der Waals surface area (Å²) >= 11 is 0. The summed E-state index contributed by atoms with van der Waals surface area (Å²) in [7, 11) is 0. The van der Waals surface area contributed by atoms with Gasteiger partial charge in [0.25, 0.3) is 5.79 Å². The van der Waals surface area contributed by atoms with Crippen LogP contribution in [0, 0.1) is 0 Å². The van der Waals surface area contributed by atoms with Crippen LogP contribution in [0.25, 0.3) is 11.1 Å². The Bertz CT molecular complexity index is 1180. The van der Waals surface area contributed by atoms with Crippen LogP contribution >= 0.6 is 0 Å². The van der Waals surface area contributed by atoms with Gasteiger partial charge in [-0.3, -0.25) is 0 Å². The first-order chi connectivity index (χ1) is 18.6. The molecule has 1 fully saturated rings. The summed E-state index contributed by atoms with van der Waals surface area (Å²) in [6.45, 7) is -2.17. The van der Waals surface area contributed by atoms with Crippen molar-refractivity contribution in [1.82, 2.24) is 5.32 Å². The van der Waals surface area contributed by atoms with E-state index in [2.05, 4.69) is 5.32 Å². The highest BCUT2D eigenvalue weighted by atomic mass is 16.7. The Balaban J connectivity index is 1.51. The molecule has 0 unspecified atom stereocenters. The maximum Gasteiger partial charge on any atom is 0.407 e. The average Bonchev–Trinajstić information content (AvgIpc) is 3.24. The zero-order valence-electron chi connectivity index (χ0n) is 20.5. The van der Waals surface area contributed by atoms with Crippen LogP contribution in [0.15, 0.2) is 48.5 Å². The van der Waals surface area contributed by atoms with E-state index in [4.69, 9.17) is 19.3 Å². The van der Waals surface area contributed by atoms with Gasteiger partial charge in [-0.15, -0.1) is 0 Å². The van der Waals surface area contributed by atoms with Crippen LogP contribution in [0.3, 0.4) is 0 Å². The van der Waals surface area contributed by atoms with E-state index in [1.54, 1.807) is 0 Å². The van der Waals surface area contributed by atoms with Crippen molar-refractivity contribution in [2.24, 2.45) is 0 Å². The quantitative estimate of drug-likeness (QED) is 0.203. The summed E-state index contributed by atoms with van der Waals surface area (Å²) < 4.78 is 15.7. The maximum absolute atomic E-state index is 12.8. The topological polar surface area (TPSA) is 212 Å². The molecule has 7 N–H and O–H groups in total. The second-order valence-electron chi connectivity index (χ2n) is 9.33.